The fourth-order valence-electron chi connectivity index (χ4n) is 2.28. The number of ketones is 1. The monoisotopic (exact) mass is 798 g/mol. The Labute approximate surface area is 333 Å². The molecule has 0 aliphatic heterocycles. The van der Waals surface area contributed by atoms with E-state index < -0.39 is 0 Å². The molecule has 0 bridgehead atoms. The van der Waals surface area contributed by atoms with E-state index in [1.807, 2.05) is 13.8 Å². The van der Waals surface area contributed by atoms with Gasteiger partial charge in [0.1, 0.15) is 5.78 Å². The Balaban J connectivity index is -0.0000000299. The Kier molecular flexibility index (Phi) is 112. The second-order valence-corrected chi connectivity index (χ2v) is 10.2. The molecule has 0 aromatic carbocycles. The third kappa shape index (κ3) is 97.2. The molecule has 243 valence electrons. The molecule has 0 aliphatic rings. The first-order valence-corrected chi connectivity index (χ1v) is 13.1. The smallest absolute Gasteiger partial charge is 0.220 e. The summed E-state index contributed by atoms with van der Waals surface area (Å²) in [6.07, 6.45) is 8.85. The first kappa shape index (κ1) is 73.7. The molecule has 0 atom stereocenters. The molecule has 0 aliphatic carbocycles. The molecule has 0 aromatic rings. The molecule has 0 heterocycles. The van der Waals surface area contributed by atoms with Gasteiger partial charge in [-0.1, -0.05) is 89.0 Å². The number of hydrogen-bond donors (Lipinski definition) is 1. The largest absolute Gasteiger partial charge is 0.555 e. The van der Waals surface area contributed by atoms with Crippen molar-refractivity contribution in [1.29, 1.82) is 0 Å². The molecule has 40 heavy (non-hydrogen) atoms. The van der Waals surface area contributed by atoms with Crippen LogP contribution in [0.5, 0.6) is 0 Å². The van der Waals surface area contributed by atoms with Gasteiger partial charge < -0.3 is 51.0 Å². The predicted molar refractivity (Wildman–Crippen MR) is 173 cm³/mol. The predicted octanol–water partition coefficient (Wildman–Crippen LogP) is 10.2. The van der Waals surface area contributed by atoms with Crippen molar-refractivity contribution in [2.24, 2.45) is 23.7 Å². The van der Waals surface area contributed by atoms with Gasteiger partial charge in [0.15, 0.2) is 0 Å². The molecule has 0 saturated heterocycles. The minimum Gasteiger partial charge on any atom is -0.555 e. The van der Waals surface area contributed by atoms with E-state index in [1.165, 1.54) is 12.8 Å². The van der Waals surface area contributed by atoms with Crippen LogP contribution in [0.4, 0.5) is 0 Å². The first-order chi connectivity index (χ1) is 15.4. The summed E-state index contributed by atoms with van der Waals surface area (Å²) in [6, 6.07) is 0. The number of Topliss-reactive ketones (excluding diaryl/α,β-unsaturated/α-hetero) is 1. The van der Waals surface area contributed by atoms with E-state index >= 15 is 0 Å². The maximum atomic E-state index is 11.0. The van der Waals surface area contributed by atoms with Crippen molar-refractivity contribution in [2.75, 3.05) is 13.2 Å². The molecule has 1 N–H and O–H groups in total. The zero-order valence-electron chi connectivity index (χ0n) is 28.7. The molecule has 0 rings (SSSR count). The standard InChI is InChI=1S/C9H19NO.C7H13O.C7H15.C6H13O.CH4.3CH3.3Y/c1-4-5-6-10-9(11)7-8(2)3;1-4-7(8)5-6(2)3;1-4-5-6-7(2)3;1-6(2)4-5-7-3;;;;;;;/h8H,4-7H2,1-3H3,(H,10,11);6H,1,4-5H2,2-3H3;7H,1,4-6H2,2-3H3;6H,3-5H2,1-2H3;1H4;3*1H3;;;/q;3*-1;;3*-1;;;. The van der Waals surface area contributed by atoms with E-state index in [0.717, 1.165) is 50.7 Å². The maximum absolute atomic E-state index is 11.0. The number of nitrogens with one attached hydrogen (secondary N) is 1. The van der Waals surface area contributed by atoms with Crippen molar-refractivity contribution in [3.05, 3.63) is 43.2 Å². The molecule has 0 fully saturated rings. The molecule has 0 spiro atoms. The quantitative estimate of drug-likeness (QED) is 0.141. The zero-order chi connectivity index (χ0) is 26.7. The Morgan fingerprint density at radius 3 is 1.35 bits per heavy atom. The van der Waals surface area contributed by atoms with Crippen LogP contribution in [-0.2, 0) is 112 Å². The first-order valence-electron chi connectivity index (χ1n) is 13.1. The topological polar surface area (TPSA) is 55.4 Å². The summed E-state index contributed by atoms with van der Waals surface area (Å²) in [4.78, 5) is 21.6. The second-order valence-electron chi connectivity index (χ2n) is 10.2. The molecule has 0 saturated carbocycles. The third-order valence-electron chi connectivity index (χ3n) is 4.23. The SMILES string of the molecule is C.CCCCNC(=O)CC(C)C.[CH2-]CC(=O)CC(C)C.[CH2-]CCCC(C)C.[CH2-]OCCC(C)C.[CH3-].[CH3-].[CH3-].[Y].[Y].[Y]. The summed E-state index contributed by atoms with van der Waals surface area (Å²) in [5.74, 6) is 3.01. The molecule has 1 amide bonds. The summed E-state index contributed by atoms with van der Waals surface area (Å²) in [5, 5.41) is 2.88. The molecular weight excluding hydrogens is 725 g/mol. The van der Waals surface area contributed by atoms with Crippen molar-refractivity contribution >= 4 is 11.7 Å². The van der Waals surface area contributed by atoms with Gasteiger partial charge in [0.05, 0.1) is 0 Å². The number of ether oxygens (including phenoxy) is 1. The van der Waals surface area contributed by atoms with Gasteiger partial charge in [-0.05, 0) is 36.5 Å². The van der Waals surface area contributed by atoms with Crippen LogP contribution in [0, 0.1) is 66.9 Å². The van der Waals surface area contributed by atoms with Crippen LogP contribution in [0.25, 0.3) is 0 Å². The fraction of sp³-hybridized carbons (Fsp3) is 0.758. The van der Waals surface area contributed by atoms with Crippen LogP contribution < -0.4 is 5.32 Å². The Hall–Kier alpha value is 2.41. The molecular formula is C33H73NO3Y3-6. The van der Waals surface area contributed by atoms with Crippen LogP contribution in [0.2, 0.25) is 0 Å². The van der Waals surface area contributed by atoms with E-state index in [1.54, 1.807) is 0 Å². The number of carbonyl (C=O) groups is 2. The van der Waals surface area contributed by atoms with Crippen molar-refractivity contribution in [3.8, 4) is 0 Å². The number of carbonyl (C=O) groups excluding carboxylic acids is 2. The number of hydrogen-bond acceptors (Lipinski definition) is 3. The van der Waals surface area contributed by atoms with Gasteiger partial charge in [-0.15, -0.1) is 6.42 Å². The van der Waals surface area contributed by atoms with Crippen LogP contribution in [-0.4, -0.2) is 24.8 Å². The number of rotatable bonds is 14. The van der Waals surface area contributed by atoms with Crippen LogP contribution in [0.1, 0.15) is 128 Å². The van der Waals surface area contributed by atoms with Gasteiger partial charge in [0.25, 0.3) is 0 Å². The molecule has 0 unspecified atom stereocenters. The average Bonchev–Trinajstić information content (AvgIpc) is 2.71. The summed E-state index contributed by atoms with van der Waals surface area (Å²) in [7, 11) is 3.26. The number of unbranched alkanes of at least 4 members (excludes halogenated alkanes) is 2. The van der Waals surface area contributed by atoms with E-state index in [9.17, 15) is 9.59 Å². The van der Waals surface area contributed by atoms with Crippen LogP contribution in [0.15, 0.2) is 0 Å². The van der Waals surface area contributed by atoms with Crippen LogP contribution in [0.3, 0.4) is 0 Å². The third-order valence-corrected chi connectivity index (χ3v) is 4.23. The number of amides is 1. The van der Waals surface area contributed by atoms with Gasteiger partial charge in [-0.3, -0.25) is 4.79 Å². The Morgan fingerprint density at radius 1 is 0.725 bits per heavy atom. The van der Waals surface area contributed by atoms with Gasteiger partial charge in [-0.25, -0.2) is 7.11 Å². The van der Waals surface area contributed by atoms with Crippen molar-refractivity contribution in [2.45, 2.75) is 128 Å². The minimum atomic E-state index is 0. The van der Waals surface area contributed by atoms with E-state index in [4.69, 9.17) is 0 Å². The second kappa shape index (κ2) is 60.6. The Morgan fingerprint density at radius 2 is 1.15 bits per heavy atom. The fourth-order valence-corrected chi connectivity index (χ4v) is 2.28. The summed E-state index contributed by atoms with van der Waals surface area (Å²) < 4.78 is 4.60. The summed E-state index contributed by atoms with van der Waals surface area (Å²) in [5.41, 5.74) is 0. The normalized spacial score (nSPS) is 8.40. The molecule has 0 aromatic heterocycles. The van der Waals surface area contributed by atoms with E-state index in [0.29, 0.717) is 31.1 Å². The molecule has 3 radical (unpaired) electrons. The van der Waals surface area contributed by atoms with Gasteiger partial charge in [0, 0.05) is 124 Å². The maximum Gasteiger partial charge on any atom is 0.220 e. The zero-order valence-corrected chi connectivity index (χ0v) is 37.2. The van der Waals surface area contributed by atoms with Gasteiger partial charge in [-0.2, -0.15) is 6.42 Å². The summed E-state index contributed by atoms with van der Waals surface area (Å²) in [6.45, 7) is 28.0. The van der Waals surface area contributed by atoms with Crippen molar-refractivity contribution in [1.82, 2.24) is 5.32 Å². The van der Waals surface area contributed by atoms with Crippen molar-refractivity contribution < 1.29 is 112 Å². The summed E-state index contributed by atoms with van der Waals surface area (Å²) >= 11 is 0. The van der Waals surface area contributed by atoms with Gasteiger partial charge >= 0.3 is 0 Å². The van der Waals surface area contributed by atoms with E-state index in [-0.39, 0.29) is 140 Å². The van der Waals surface area contributed by atoms with Gasteiger partial charge in [0.2, 0.25) is 5.91 Å². The molecule has 7 heteroatoms. The van der Waals surface area contributed by atoms with Crippen LogP contribution >= 0.6 is 0 Å². The average molecular weight is 799 g/mol. The minimum absolute atomic E-state index is 0. The van der Waals surface area contributed by atoms with Crippen molar-refractivity contribution in [3.63, 3.8) is 0 Å². The van der Waals surface area contributed by atoms with E-state index in [2.05, 4.69) is 79.5 Å². The molecule has 4 nitrogen and oxygen atoms in total. The Bertz CT molecular complexity index is 394.